The van der Waals surface area contributed by atoms with Crippen molar-refractivity contribution in [3.05, 3.63) is 34.9 Å². The van der Waals surface area contributed by atoms with Crippen molar-refractivity contribution in [2.75, 3.05) is 6.61 Å². The standard InChI is InChI=1S/C20H28O/c1-4-16-6-2-8-19(16)17(5-1)11-9-15-10-12-18-7-3-13-21-20(18)14-15/h7,9,11,16,19-20H,1-6,8,10,12-14H2/b15-9-,17-11+. The first kappa shape index (κ1) is 13.8. The van der Waals surface area contributed by atoms with Crippen molar-refractivity contribution in [1.82, 2.24) is 0 Å². The van der Waals surface area contributed by atoms with Gasteiger partial charge in [-0.2, -0.15) is 0 Å². The van der Waals surface area contributed by atoms with Crippen molar-refractivity contribution in [2.24, 2.45) is 11.8 Å². The lowest BCUT2D eigenvalue weighted by atomic mass is 9.77. The van der Waals surface area contributed by atoms with Crippen LogP contribution in [0, 0.1) is 11.8 Å². The van der Waals surface area contributed by atoms with E-state index in [9.17, 15) is 0 Å². The molecule has 0 spiro atoms. The highest BCUT2D eigenvalue weighted by atomic mass is 16.5. The van der Waals surface area contributed by atoms with E-state index >= 15 is 0 Å². The van der Waals surface area contributed by atoms with Gasteiger partial charge in [0.2, 0.25) is 0 Å². The van der Waals surface area contributed by atoms with Crippen LogP contribution in [-0.2, 0) is 4.74 Å². The molecule has 3 unspecified atom stereocenters. The summed E-state index contributed by atoms with van der Waals surface area (Å²) in [6.07, 6.45) is 21.2. The van der Waals surface area contributed by atoms with Crippen LogP contribution in [0.1, 0.15) is 64.2 Å². The SMILES string of the molecule is C1=C2CC/C(=C/C=C3\CCCC4CCCC34)CC2OCC1. The molecule has 3 fully saturated rings. The number of rotatable bonds is 1. The van der Waals surface area contributed by atoms with Crippen molar-refractivity contribution in [1.29, 1.82) is 0 Å². The highest BCUT2D eigenvalue weighted by Gasteiger charge is 2.32. The van der Waals surface area contributed by atoms with Gasteiger partial charge in [0.25, 0.3) is 0 Å². The Kier molecular flexibility index (Phi) is 4.03. The van der Waals surface area contributed by atoms with Gasteiger partial charge in [0.15, 0.2) is 0 Å². The molecule has 114 valence electrons. The average Bonchev–Trinajstić information content (AvgIpc) is 3.02. The van der Waals surface area contributed by atoms with Gasteiger partial charge in [-0.1, -0.05) is 35.8 Å². The molecule has 3 atom stereocenters. The highest BCUT2D eigenvalue weighted by molar-refractivity contribution is 5.28. The zero-order chi connectivity index (χ0) is 14.1. The first-order valence-corrected chi connectivity index (χ1v) is 9.09. The lowest BCUT2D eigenvalue weighted by Crippen LogP contribution is -2.24. The molecular formula is C20H28O. The quantitative estimate of drug-likeness (QED) is 0.591. The van der Waals surface area contributed by atoms with Gasteiger partial charge in [0.05, 0.1) is 12.7 Å². The molecule has 0 aromatic heterocycles. The van der Waals surface area contributed by atoms with Crippen molar-refractivity contribution in [3.63, 3.8) is 0 Å². The predicted molar refractivity (Wildman–Crippen MR) is 87.1 cm³/mol. The Labute approximate surface area is 129 Å². The molecular weight excluding hydrogens is 256 g/mol. The molecule has 0 aromatic rings. The van der Waals surface area contributed by atoms with E-state index in [4.69, 9.17) is 4.74 Å². The van der Waals surface area contributed by atoms with E-state index in [0.29, 0.717) is 6.10 Å². The third-order valence-corrected chi connectivity index (χ3v) is 6.15. The largest absolute Gasteiger partial charge is 0.373 e. The minimum Gasteiger partial charge on any atom is -0.373 e. The Morgan fingerprint density at radius 1 is 1.00 bits per heavy atom. The lowest BCUT2D eigenvalue weighted by Gasteiger charge is -2.31. The van der Waals surface area contributed by atoms with Gasteiger partial charge >= 0.3 is 0 Å². The molecule has 0 radical (unpaired) electrons. The Balaban J connectivity index is 1.46. The van der Waals surface area contributed by atoms with Crippen LogP contribution in [-0.4, -0.2) is 12.7 Å². The summed E-state index contributed by atoms with van der Waals surface area (Å²) in [5, 5.41) is 0. The Bertz CT molecular complexity index is 482. The van der Waals surface area contributed by atoms with Gasteiger partial charge in [-0.15, -0.1) is 0 Å². The fourth-order valence-electron chi connectivity index (χ4n) is 5.00. The molecule has 1 heteroatoms. The molecule has 0 saturated heterocycles. The summed E-state index contributed by atoms with van der Waals surface area (Å²) in [6, 6.07) is 0. The number of allylic oxidation sites excluding steroid dienone is 3. The predicted octanol–water partition coefficient (Wildman–Crippen LogP) is 5.34. The molecule has 4 aliphatic rings. The van der Waals surface area contributed by atoms with Crippen LogP contribution in [0.2, 0.25) is 0 Å². The van der Waals surface area contributed by atoms with E-state index in [0.717, 1.165) is 31.3 Å². The minimum atomic E-state index is 0.405. The second-order valence-corrected chi connectivity index (χ2v) is 7.39. The van der Waals surface area contributed by atoms with Gasteiger partial charge in [-0.3, -0.25) is 0 Å². The monoisotopic (exact) mass is 284 g/mol. The smallest absolute Gasteiger partial charge is 0.0822 e. The lowest BCUT2D eigenvalue weighted by molar-refractivity contribution is 0.0633. The maximum absolute atomic E-state index is 5.94. The first-order chi connectivity index (χ1) is 10.4. The molecule has 1 heterocycles. The summed E-state index contributed by atoms with van der Waals surface area (Å²) in [5.74, 6) is 1.95. The Morgan fingerprint density at radius 3 is 2.95 bits per heavy atom. The van der Waals surface area contributed by atoms with Crippen LogP contribution in [0.25, 0.3) is 0 Å². The third kappa shape index (κ3) is 2.90. The first-order valence-electron chi connectivity index (χ1n) is 9.09. The van der Waals surface area contributed by atoms with Crippen LogP contribution >= 0.6 is 0 Å². The molecule has 3 aliphatic carbocycles. The fraction of sp³-hybridized carbons (Fsp3) is 0.700. The van der Waals surface area contributed by atoms with Gasteiger partial charge in [-0.05, 0) is 75.2 Å². The molecule has 1 nitrogen and oxygen atoms in total. The van der Waals surface area contributed by atoms with Gasteiger partial charge in [0.1, 0.15) is 0 Å². The number of hydrogen-bond donors (Lipinski definition) is 0. The number of fused-ring (bicyclic) bond motifs is 2. The van der Waals surface area contributed by atoms with Crippen LogP contribution in [0.3, 0.4) is 0 Å². The van der Waals surface area contributed by atoms with Crippen molar-refractivity contribution >= 4 is 0 Å². The van der Waals surface area contributed by atoms with Crippen LogP contribution in [0.4, 0.5) is 0 Å². The topological polar surface area (TPSA) is 9.23 Å². The number of ether oxygens (including phenoxy) is 1. The highest BCUT2D eigenvalue weighted by Crippen LogP contribution is 2.45. The van der Waals surface area contributed by atoms with Crippen molar-refractivity contribution < 1.29 is 4.74 Å². The molecule has 0 aromatic carbocycles. The molecule has 3 saturated carbocycles. The van der Waals surface area contributed by atoms with Crippen molar-refractivity contribution in [2.45, 2.75) is 70.3 Å². The Morgan fingerprint density at radius 2 is 1.95 bits per heavy atom. The maximum atomic E-state index is 5.94. The van der Waals surface area contributed by atoms with Gasteiger partial charge < -0.3 is 4.74 Å². The molecule has 0 N–H and O–H groups in total. The summed E-state index contributed by atoms with van der Waals surface area (Å²) in [5.41, 5.74) is 4.95. The molecule has 0 amide bonds. The van der Waals surface area contributed by atoms with E-state index < -0.39 is 0 Å². The summed E-state index contributed by atoms with van der Waals surface area (Å²) >= 11 is 0. The number of hydrogen-bond acceptors (Lipinski definition) is 1. The summed E-state index contributed by atoms with van der Waals surface area (Å²) in [6.45, 7) is 0.923. The van der Waals surface area contributed by atoms with Crippen molar-refractivity contribution in [3.8, 4) is 0 Å². The van der Waals surface area contributed by atoms with Crippen LogP contribution in [0.5, 0.6) is 0 Å². The summed E-state index contributed by atoms with van der Waals surface area (Å²) in [7, 11) is 0. The minimum absolute atomic E-state index is 0.405. The van der Waals surface area contributed by atoms with Gasteiger partial charge in [-0.25, -0.2) is 0 Å². The maximum Gasteiger partial charge on any atom is 0.0822 e. The van der Waals surface area contributed by atoms with E-state index in [1.165, 1.54) is 51.4 Å². The molecule has 21 heavy (non-hydrogen) atoms. The average molecular weight is 284 g/mol. The summed E-state index contributed by atoms with van der Waals surface area (Å²) < 4.78 is 5.94. The van der Waals surface area contributed by atoms with E-state index in [2.05, 4.69) is 18.2 Å². The van der Waals surface area contributed by atoms with Crippen LogP contribution < -0.4 is 0 Å². The fourth-order valence-corrected chi connectivity index (χ4v) is 5.00. The zero-order valence-electron chi connectivity index (χ0n) is 13.2. The second-order valence-electron chi connectivity index (χ2n) is 7.39. The van der Waals surface area contributed by atoms with E-state index in [1.54, 1.807) is 16.7 Å². The van der Waals surface area contributed by atoms with Crippen LogP contribution in [0.15, 0.2) is 34.9 Å². The van der Waals surface area contributed by atoms with E-state index in [-0.39, 0.29) is 0 Å². The molecule has 0 bridgehead atoms. The Hall–Kier alpha value is -0.820. The third-order valence-electron chi connectivity index (χ3n) is 6.15. The summed E-state index contributed by atoms with van der Waals surface area (Å²) in [4.78, 5) is 0. The normalized spacial score (nSPS) is 40.0. The second kappa shape index (κ2) is 6.12. The van der Waals surface area contributed by atoms with Gasteiger partial charge in [0, 0.05) is 0 Å². The molecule has 4 rings (SSSR count). The van der Waals surface area contributed by atoms with E-state index in [1.807, 2.05) is 0 Å². The zero-order valence-corrected chi connectivity index (χ0v) is 13.2. The molecule has 1 aliphatic heterocycles.